The summed E-state index contributed by atoms with van der Waals surface area (Å²) in [6.07, 6.45) is 3.72. The minimum atomic E-state index is 0.701. The Morgan fingerprint density at radius 1 is 1.67 bits per heavy atom. The highest BCUT2D eigenvalue weighted by Crippen LogP contribution is 2.20. The molecule has 0 fully saturated rings. The fraction of sp³-hybridized carbons (Fsp3) is 0.250. The van der Waals surface area contributed by atoms with Crippen LogP contribution >= 0.6 is 11.8 Å². The molecule has 0 atom stereocenters. The van der Waals surface area contributed by atoms with Gasteiger partial charge in [-0.1, -0.05) is 17.8 Å². The molecule has 12 heavy (non-hydrogen) atoms. The Morgan fingerprint density at radius 3 is 3.42 bits per heavy atom. The van der Waals surface area contributed by atoms with E-state index in [0.29, 0.717) is 6.54 Å². The van der Waals surface area contributed by atoms with Crippen molar-refractivity contribution in [2.24, 2.45) is 4.99 Å². The van der Waals surface area contributed by atoms with E-state index in [-0.39, 0.29) is 0 Å². The van der Waals surface area contributed by atoms with Crippen LogP contribution in [0.3, 0.4) is 0 Å². The predicted molar refractivity (Wildman–Crippen MR) is 49.4 cm³/mol. The van der Waals surface area contributed by atoms with E-state index >= 15 is 0 Å². The zero-order valence-corrected chi connectivity index (χ0v) is 7.21. The molecule has 2 aliphatic heterocycles. The minimum absolute atomic E-state index is 0.701. The van der Waals surface area contributed by atoms with E-state index in [4.69, 9.17) is 5.26 Å². The molecule has 0 aromatic rings. The van der Waals surface area contributed by atoms with Gasteiger partial charge in [0.05, 0.1) is 18.2 Å². The summed E-state index contributed by atoms with van der Waals surface area (Å²) < 4.78 is 0. The van der Waals surface area contributed by atoms with Crippen LogP contribution in [-0.2, 0) is 0 Å². The van der Waals surface area contributed by atoms with Gasteiger partial charge in [0, 0.05) is 12.7 Å². The van der Waals surface area contributed by atoms with Gasteiger partial charge in [-0.2, -0.15) is 5.26 Å². The van der Waals surface area contributed by atoms with Crippen LogP contribution in [0.5, 0.6) is 0 Å². The smallest absolute Gasteiger partial charge is 0.168 e. The van der Waals surface area contributed by atoms with Gasteiger partial charge in [0.15, 0.2) is 5.17 Å². The summed E-state index contributed by atoms with van der Waals surface area (Å²) in [7, 11) is 0. The number of hydrogen-bond acceptors (Lipinski definition) is 4. The zero-order chi connectivity index (χ0) is 8.39. The first-order valence-corrected chi connectivity index (χ1v) is 4.51. The molecule has 3 nitrogen and oxygen atoms in total. The number of aliphatic imine (C=N–C) groups is 1. The molecule has 0 saturated heterocycles. The first-order chi connectivity index (χ1) is 5.90. The van der Waals surface area contributed by atoms with Crippen LogP contribution < -0.4 is 0 Å². The van der Waals surface area contributed by atoms with Gasteiger partial charge in [-0.15, -0.1) is 0 Å². The third-order valence-corrected chi connectivity index (χ3v) is 2.60. The van der Waals surface area contributed by atoms with Crippen LogP contribution in [0.25, 0.3) is 0 Å². The maximum Gasteiger partial charge on any atom is 0.168 e. The Hall–Kier alpha value is -1.21. The van der Waals surface area contributed by atoms with Gasteiger partial charge < -0.3 is 4.90 Å². The lowest BCUT2D eigenvalue weighted by atomic mass is 10.3. The van der Waals surface area contributed by atoms with Crippen molar-refractivity contribution in [3.63, 3.8) is 0 Å². The van der Waals surface area contributed by atoms with Crippen molar-refractivity contribution < 1.29 is 0 Å². The fourth-order valence-corrected chi connectivity index (χ4v) is 1.83. The standard InChI is InChI=1S/C8H7N3S/c9-4-7-5-10-8-11(6-7)2-1-3-12-8/h1,3,5H,2,6H2. The lowest BCUT2D eigenvalue weighted by molar-refractivity contribution is 0.507. The van der Waals surface area contributed by atoms with E-state index in [9.17, 15) is 0 Å². The van der Waals surface area contributed by atoms with Crippen molar-refractivity contribution in [1.29, 1.82) is 5.26 Å². The van der Waals surface area contributed by atoms with Crippen molar-refractivity contribution in [1.82, 2.24) is 4.90 Å². The van der Waals surface area contributed by atoms with Crippen molar-refractivity contribution in [3.8, 4) is 6.07 Å². The summed E-state index contributed by atoms with van der Waals surface area (Å²) >= 11 is 1.60. The molecule has 0 aromatic heterocycles. The number of thioether (sulfide) groups is 1. The summed E-state index contributed by atoms with van der Waals surface area (Å²) in [5.41, 5.74) is 0.731. The molecule has 0 unspecified atom stereocenters. The van der Waals surface area contributed by atoms with Crippen molar-refractivity contribution in [2.75, 3.05) is 13.1 Å². The molecule has 0 amide bonds. The topological polar surface area (TPSA) is 39.4 Å². The maximum atomic E-state index is 8.64. The second-order valence-electron chi connectivity index (χ2n) is 2.55. The first-order valence-electron chi connectivity index (χ1n) is 3.64. The van der Waals surface area contributed by atoms with Crippen molar-refractivity contribution in [3.05, 3.63) is 23.3 Å². The maximum absolute atomic E-state index is 8.64. The average molecular weight is 177 g/mol. The van der Waals surface area contributed by atoms with Gasteiger partial charge in [-0.3, -0.25) is 0 Å². The number of rotatable bonds is 0. The molecule has 2 heterocycles. The van der Waals surface area contributed by atoms with Crippen LogP contribution in [-0.4, -0.2) is 23.2 Å². The monoisotopic (exact) mass is 177 g/mol. The molecule has 2 rings (SSSR count). The van der Waals surface area contributed by atoms with Gasteiger partial charge in [-0.05, 0) is 5.41 Å². The molecular weight excluding hydrogens is 170 g/mol. The SMILES string of the molecule is N#CC1=CN=C2SC=CCN2C1. The van der Waals surface area contributed by atoms with Gasteiger partial charge in [0.1, 0.15) is 0 Å². The third kappa shape index (κ3) is 1.23. The largest absolute Gasteiger partial charge is 0.342 e. The van der Waals surface area contributed by atoms with E-state index in [0.717, 1.165) is 17.3 Å². The molecular formula is C8H7N3S. The zero-order valence-electron chi connectivity index (χ0n) is 6.40. The van der Waals surface area contributed by atoms with Gasteiger partial charge in [0.25, 0.3) is 0 Å². The number of amidine groups is 1. The molecule has 0 radical (unpaired) electrons. The highest BCUT2D eigenvalue weighted by Gasteiger charge is 2.17. The molecule has 0 aliphatic carbocycles. The van der Waals surface area contributed by atoms with Crippen LogP contribution in [0, 0.1) is 11.3 Å². The van der Waals surface area contributed by atoms with Crippen LogP contribution in [0.15, 0.2) is 28.2 Å². The molecule has 2 aliphatic rings. The lowest BCUT2D eigenvalue weighted by Crippen LogP contribution is -2.34. The molecule has 0 bridgehead atoms. The van der Waals surface area contributed by atoms with Crippen LogP contribution in [0.4, 0.5) is 0 Å². The molecule has 0 aromatic carbocycles. The summed E-state index contributed by atoms with van der Waals surface area (Å²) in [5, 5.41) is 11.7. The molecule has 0 spiro atoms. The quantitative estimate of drug-likeness (QED) is 0.560. The van der Waals surface area contributed by atoms with Crippen molar-refractivity contribution in [2.45, 2.75) is 0 Å². The third-order valence-electron chi connectivity index (χ3n) is 1.70. The Bertz CT molecular complexity index is 322. The molecule has 60 valence electrons. The van der Waals surface area contributed by atoms with Gasteiger partial charge in [-0.25, -0.2) is 4.99 Å². The number of nitrogens with zero attached hydrogens (tertiary/aromatic N) is 3. The Labute approximate surface area is 75.1 Å². The predicted octanol–water partition coefficient (Wildman–Crippen LogP) is 1.33. The van der Waals surface area contributed by atoms with E-state index in [1.165, 1.54) is 0 Å². The number of nitriles is 1. The normalized spacial score (nSPS) is 20.8. The number of hydrogen-bond donors (Lipinski definition) is 0. The van der Waals surface area contributed by atoms with Crippen molar-refractivity contribution >= 4 is 16.9 Å². The molecule has 4 heteroatoms. The summed E-state index contributed by atoms with van der Waals surface area (Å²) in [5.74, 6) is 0. The average Bonchev–Trinajstić information content (AvgIpc) is 2.17. The van der Waals surface area contributed by atoms with Crippen LogP contribution in [0.1, 0.15) is 0 Å². The minimum Gasteiger partial charge on any atom is -0.342 e. The second kappa shape index (κ2) is 3.03. The Balaban J connectivity index is 2.24. The Kier molecular flexibility index (Phi) is 1.88. The number of fused-ring (bicyclic) bond motifs is 1. The van der Waals surface area contributed by atoms with E-state index in [1.807, 2.05) is 5.41 Å². The summed E-state index contributed by atoms with van der Waals surface area (Å²) in [4.78, 5) is 6.26. The van der Waals surface area contributed by atoms with Gasteiger partial charge >= 0.3 is 0 Å². The fourth-order valence-electron chi connectivity index (χ4n) is 1.12. The summed E-state index contributed by atoms with van der Waals surface area (Å²) in [6.45, 7) is 1.57. The highest BCUT2D eigenvalue weighted by atomic mass is 32.2. The van der Waals surface area contributed by atoms with Crippen LogP contribution in [0.2, 0.25) is 0 Å². The lowest BCUT2D eigenvalue weighted by Gasteiger charge is -2.27. The highest BCUT2D eigenvalue weighted by molar-refractivity contribution is 8.16. The summed E-state index contributed by atoms with van der Waals surface area (Å²) in [6, 6.07) is 2.12. The Morgan fingerprint density at radius 2 is 2.58 bits per heavy atom. The van der Waals surface area contributed by atoms with E-state index in [2.05, 4.69) is 22.0 Å². The first kappa shape index (κ1) is 7.44. The second-order valence-corrected chi connectivity index (χ2v) is 3.42. The van der Waals surface area contributed by atoms with E-state index < -0.39 is 0 Å². The van der Waals surface area contributed by atoms with Gasteiger partial charge in [0.2, 0.25) is 0 Å². The molecule has 0 N–H and O–H groups in total. The van der Waals surface area contributed by atoms with E-state index in [1.54, 1.807) is 18.0 Å². The molecule has 0 saturated carbocycles.